The fourth-order valence-corrected chi connectivity index (χ4v) is 3.48. The van der Waals surface area contributed by atoms with Gasteiger partial charge in [0, 0.05) is 24.5 Å². The van der Waals surface area contributed by atoms with Gasteiger partial charge in [-0.15, -0.1) is 0 Å². The third-order valence-corrected chi connectivity index (χ3v) is 5.18. The first kappa shape index (κ1) is 20.1. The van der Waals surface area contributed by atoms with E-state index >= 15 is 0 Å². The molecule has 148 valence electrons. The SMILES string of the molecule is CCCCCNc1ccc2cc(-c3cc(CC)cc(CC)c3)c(NC)nc2n1. The van der Waals surface area contributed by atoms with E-state index in [1.165, 1.54) is 29.5 Å². The van der Waals surface area contributed by atoms with Crippen LogP contribution in [0.3, 0.4) is 0 Å². The molecule has 3 aromatic rings. The molecular weight excluding hydrogens is 344 g/mol. The van der Waals surface area contributed by atoms with Crippen molar-refractivity contribution in [2.24, 2.45) is 0 Å². The molecule has 0 unspecified atom stereocenters. The molecule has 2 heterocycles. The van der Waals surface area contributed by atoms with E-state index in [-0.39, 0.29) is 0 Å². The largest absolute Gasteiger partial charge is 0.373 e. The van der Waals surface area contributed by atoms with E-state index in [1.54, 1.807) is 0 Å². The van der Waals surface area contributed by atoms with Crippen LogP contribution in [0, 0.1) is 0 Å². The number of unbranched alkanes of at least 4 members (excludes halogenated alkanes) is 2. The average molecular weight is 377 g/mol. The van der Waals surface area contributed by atoms with Crippen molar-refractivity contribution in [2.45, 2.75) is 52.9 Å². The van der Waals surface area contributed by atoms with Gasteiger partial charge in [0.25, 0.3) is 0 Å². The van der Waals surface area contributed by atoms with Gasteiger partial charge < -0.3 is 10.6 Å². The van der Waals surface area contributed by atoms with E-state index in [9.17, 15) is 0 Å². The van der Waals surface area contributed by atoms with Crippen LogP contribution in [0.4, 0.5) is 11.6 Å². The fraction of sp³-hybridized carbons (Fsp3) is 0.417. The minimum absolute atomic E-state index is 0.774. The van der Waals surface area contributed by atoms with Crippen LogP contribution in [0.5, 0.6) is 0 Å². The van der Waals surface area contributed by atoms with Crippen molar-refractivity contribution in [3.63, 3.8) is 0 Å². The maximum Gasteiger partial charge on any atom is 0.163 e. The molecule has 0 atom stereocenters. The molecule has 0 aliphatic rings. The molecule has 0 aliphatic heterocycles. The molecule has 2 aromatic heterocycles. The minimum atomic E-state index is 0.774. The topological polar surface area (TPSA) is 49.8 Å². The van der Waals surface area contributed by atoms with E-state index in [1.807, 2.05) is 7.05 Å². The Kier molecular flexibility index (Phi) is 6.85. The zero-order valence-corrected chi connectivity index (χ0v) is 17.6. The van der Waals surface area contributed by atoms with Gasteiger partial charge in [-0.3, -0.25) is 0 Å². The lowest BCUT2D eigenvalue weighted by molar-refractivity contribution is 0.742. The standard InChI is InChI=1S/C24H32N4/c1-5-8-9-12-26-22-11-10-19-16-21(24(25-4)28-23(19)27-22)20-14-17(6-2)13-18(7-3)15-20/h10-11,13-16H,5-9,12H2,1-4H3,(H2,25,26,27,28). The first-order valence-corrected chi connectivity index (χ1v) is 10.5. The van der Waals surface area contributed by atoms with Crippen molar-refractivity contribution in [1.29, 1.82) is 0 Å². The number of nitrogens with zero attached hydrogens (tertiary/aromatic N) is 2. The number of anilines is 2. The Morgan fingerprint density at radius 1 is 0.857 bits per heavy atom. The average Bonchev–Trinajstić information content (AvgIpc) is 2.75. The molecule has 0 aliphatic carbocycles. The third kappa shape index (κ3) is 4.61. The summed E-state index contributed by atoms with van der Waals surface area (Å²) in [7, 11) is 1.93. The van der Waals surface area contributed by atoms with Crippen LogP contribution in [-0.2, 0) is 12.8 Å². The first-order chi connectivity index (χ1) is 13.7. The number of rotatable bonds is 9. The van der Waals surface area contributed by atoms with E-state index < -0.39 is 0 Å². The Morgan fingerprint density at radius 3 is 2.25 bits per heavy atom. The Morgan fingerprint density at radius 2 is 1.61 bits per heavy atom. The van der Waals surface area contributed by atoms with Crippen molar-refractivity contribution in [1.82, 2.24) is 9.97 Å². The van der Waals surface area contributed by atoms with Gasteiger partial charge in [0.2, 0.25) is 0 Å². The van der Waals surface area contributed by atoms with Gasteiger partial charge in [0.05, 0.1) is 0 Å². The smallest absolute Gasteiger partial charge is 0.163 e. The summed E-state index contributed by atoms with van der Waals surface area (Å²) < 4.78 is 0. The lowest BCUT2D eigenvalue weighted by Crippen LogP contribution is -2.04. The van der Waals surface area contributed by atoms with Crippen molar-refractivity contribution < 1.29 is 0 Å². The molecule has 0 amide bonds. The van der Waals surface area contributed by atoms with Crippen molar-refractivity contribution in [3.8, 4) is 11.1 Å². The normalized spacial score (nSPS) is 11.0. The molecule has 1 aromatic carbocycles. The van der Waals surface area contributed by atoms with Gasteiger partial charge in [-0.1, -0.05) is 51.8 Å². The summed E-state index contributed by atoms with van der Waals surface area (Å²) >= 11 is 0. The van der Waals surface area contributed by atoms with Crippen molar-refractivity contribution >= 4 is 22.7 Å². The summed E-state index contributed by atoms with van der Waals surface area (Å²) in [5.41, 5.74) is 5.85. The van der Waals surface area contributed by atoms with Gasteiger partial charge >= 0.3 is 0 Å². The summed E-state index contributed by atoms with van der Waals surface area (Å²) in [6, 6.07) is 13.2. The number of benzene rings is 1. The highest BCUT2D eigenvalue weighted by Crippen LogP contribution is 2.31. The quantitative estimate of drug-likeness (QED) is 0.445. The molecule has 0 bridgehead atoms. The predicted molar refractivity (Wildman–Crippen MR) is 121 cm³/mol. The second kappa shape index (κ2) is 9.54. The van der Waals surface area contributed by atoms with Gasteiger partial charge in [0.15, 0.2) is 5.65 Å². The van der Waals surface area contributed by atoms with Crippen molar-refractivity contribution in [2.75, 3.05) is 24.2 Å². The lowest BCUT2D eigenvalue weighted by Gasteiger charge is -2.13. The van der Waals surface area contributed by atoms with Crippen LogP contribution >= 0.6 is 0 Å². The zero-order chi connectivity index (χ0) is 19.9. The zero-order valence-electron chi connectivity index (χ0n) is 17.6. The van der Waals surface area contributed by atoms with E-state index in [0.717, 1.165) is 54.0 Å². The molecule has 0 saturated heterocycles. The number of aryl methyl sites for hydroxylation is 2. The highest BCUT2D eigenvalue weighted by atomic mass is 15.0. The van der Waals surface area contributed by atoms with E-state index in [2.05, 4.69) is 67.8 Å². The maximum atomic E-state index is 4.82. The molecule has 28 heavy (non-hydrogen) atoms. The van der Waals surface area contributed by atoms with Crippen molar-refractivity contribution in [3.05, 3.63) is 47.5 Å². The van der Waals surface area contributed by atoms with Crippen LogP contribution in [0.15, 0.2) is 36.4 Å². The molecule has 0 fully saturated rings. The number of nitrogens with one attached hydrogen (secondary N) is 2. The summed E-state index contributed by atoms with van der Waals surface area (Å²) in [5, 5.41) is 7.75. The van der Waals surface area contributed by atoms with Gasteiger partial charge in [-0.05, 0) is 54.2 Å². The fourth-order valence-electron chi connectivity index (χ4n) is 3.48. The second-order valence-corrected chi connectivity index (χ2v) is 7.26. The second-order valence-electron chi connectivity index (χ2n) is 7.26. The number of hydrogen-bond acceptors (Lipinski definition) is 4. The highest BCUT2D eigenvalue weighted by molar-refractivity contribution is 5.88. The number of pyridine rings is 2. The van der Waals surface area contributed by atoms with Crippen LogP contribution in [-0.4, -0.2) is 23.6 Å². The molecule has 4 nitrogen and oxygen atoms in total. The summed E-state index contributed by atoms with van der Waals surface area (Å²) in [6.45, 7) is 7.58. The molecule has 3 rings (SSSR count). The third-order valence-electron chi connectivity index (χ3n) is 5.18. The summed E-state index contributed by atoms with van der Waals surface area (Å²) in [4.78, 5) is 9.55. The number of hydrogen-bond donors (Lipinski definition) is 2. The summed E-state index contributed by atoms with van der Waals surface area (Å²) in [6.07, 6.45) is 5.69. The molecule has 0 saturated carbocycles. The van der Waals surface area contributed by atoms with Crippen LogP contribution < -0.4 is 10.6 Å². The molecular formula is C24H32N4. The molecule has 0 radical (unpaired) electrons. The van der Waals surface area contributed by atoms with E-state index in [4.69, 9.17) is 9.97 Å². The molecule has 4 heteroatoms. The lowest BCUT2D eigenvalue weighted by atomic mass is 9.97. The first-order valence-electron chi connectivity index (χ1n) is 10.5. The Bertz CT molecular complexity index is 911. The van der Waals surface area contributed by atoms with Crippen LogP contribution in [0.25, 0.3) is 22.2 Å². The van der Waals surface area contributed by atoms with Crippen LogP contribution in [0.1, 0.15) is 51.2 Å². The monoisotopic (exact) mass is 376 g/mol. The Hall–Kier alpha value is -2.62. The van der Waals surface area contributed by atoms with Gasteiger partial charge in [0.1, 0.15) is 11.6 Å². The maximum absolute atomic E-state index is 4.82. The minimum Gasteiger partial charge on any atom is -0.373 e. The molecule has 2 N–H and O–H groups in total. The van der Waals surface area contributed by atoms with Gasteiger partial charge in [-0.2, -0.15) is 0 Å². The number of fused-ring (bicyclic) bond motifs is 1. The number of aromatic nitrogens is 2. The molecule has 0 spiro atoms. The summed E-state index contributed by atoms with van der Waals surface area (Å²) in [5.74, 6) is 1.77. The highest BCUT2D eigenvalue weighted by Gasteiger charge is 2.11. The Labute approximate surface area is 168 Å². The van der Waals surface area contributed by atoms with E-state index in [0.29, 0.717) is 0 Å². The van der Waals surface area contributed by atoms with Crippen LogP contribution in [0.2, 0.25) is 0 Å². The predicted octanol–water partition coefficient (Wildman–Crippen LogP) is 6.07. The van der Waals surface area contributed by atoms with Gasteiger partial charge in [-0.25, -0.2) is 9.97 Å². The Balaban J connectivity index is 1.98.